The number of ether oxygens (including phenoxy) is 1. The van der Waals surface area contributed by atoms with Gasteiger partial charge in [0, 0.05) is 15.7 Å². The van der Waals surface area contributed by atoms with E-state index in [0.717, 1.165) is 12.0 Å². The fourth-order valence-electron chi connectivity index (χ4n) is 2.05. The standard InChI is InChI=1S/C15H12I2N2O4/c1-3-4-19-14(21)10(13(20)18-15(19)22)6-8-5-9(16)7-11(17)12(8)23-2/h3,5-7H,1,4H2,2H3,(H,18,20,22)/b10-6-. The smallest absolute Gasteiger partial charge is 0.331 e. The normalized spacial score (nSPS) is 16.6. The number of imide groups is 2. The average molecular weight is 538 g/mol. The lowest BCUT2D eigenvalue weighted by molar-refractivity contribution is -0.129. The number of methoxy groups -OCH3 is 1. The van der Waals surface area contributed by atoms with E-state index in [9.17, 15) is 14.4 Å². The number of carbonyl (C=O) groups is 3. The zero-order valence-corrected chi connectivity index (χ0v) is 16.4. The zero-order chi connectivity index (χ0) is 17.1. The monoisotopic (exact) mass is 538 g/mol. The van der Waals surface area contributed by atoms with Gasteiger partial charge in [0.15, 0.2) is 0 Å². The summed E-state index contributed by atoms with van der Waals surface area (Å²) in [6.07, 6.45) is 2.85. The molecule has 2 rings (SSSR count). The van der Waals surface area contributed by atoms with Gasteiger partial charge < -0.3 is 4.74 Å². The SMILES string of the molecule is C=CCN1C(=O)NC(=O)/C(=C/c2cc(I)cc(I)c2OC)C1=O. The molecule has 0 atom stereocenters. The lowest BCUT2D eigenvalue weighted by atomic mass is 10.1. The van der Waals surface area contributed by atoms with Crippen LogP contribution in [0.3, 0.4) is 0 Å². The highest BCUT2D eigenvalue weighted by Crippen LogP contribution is 2.30. The number of rotatable bonds is 4. The molecule has 1 fully saturated rings. The third-order valence-electron chi connectivity index (χ3n) is 3.04. The highest BCUT2D eigenvalue weighted by Gasteiger charge is 2.35. The van der Waals surface area contributed by atoms with Crippen LogP contribution in [0.4, 0.5) is 4.79 Å². The second-order valence-electron chi connectivity index (χ2n) is 4.53. The van der Waals surface area contributed by atoms with Gasteiger partial charge >= 0.3 is 6.03 Å². The van der Waals surface area contributed by atoms with Crippen LogP contribution in [0.15, 0.2) is 30.4 Å². The van der Waals surface area contributed by atoms with Crippen LogP contribution in [0.2, 0.25) is 0 Å². The molecular weight excluding hydrogens is 526 g/mol. The Kier molecular flexibility index (Phi) is 5.79. The molecule has 6 nitrogen and oxygen atoms in total. The molecule has 0 saturated carbocycles. The molecule has 1 saturated heterocycles. The van der Waals surface area contributed by atoms with Gasteiger partial charge in [0.25, 0.3) is 11.8 Å². The quantitative estimate of drug-likeness (QED) is 0.277. The number of halogens is 2. The molecule has 120 valence electrons. The van der Waals surface area contributed by atoms with Crippen LogP contribution in [0.1, 0.15) is 5.56 Å². The minimum Gasteiger partial charge on any atom is -0.495 e. The van der Waals surface area contributed by atoms with Crippen LogP contribution in [0, 0.1) is 7.14 Å². The van der Waals surface area contributed by atoms with Gasteiger partial charge in [-0.2, -0.15) is 0 Å². The fraction of sp³-hybridized carbons (Fsp3) is 0.133. The predicted octanol–water partition coefficient (Wildman–Crippen LogP) is 2.55. The van der Waals surface area contributed by atoms with Crippen LogP contribution in [-0.4, -0.2) is 36.4 Å². The van der Waals surface area contributed by atoms with Crippen LogP contribution in [0.25, 0.3) is 6.08 Å². The van der Waals surface area contributed by atoms with E-state index < -0.39 is 17.8 Å². The maximum atomic E-state index is 12.4. The van der Waals surface area contributed by atoms with Crippen molar-refractivity contribution in [3.05, 3.63) is 43.1 Å². The molecule has 0 unspecified atom stereocenters. The van der Waals surface area contributed by atoms with Crippen LogP contribution in [-0.2, 0) is 9.59 Å². The van der Waals surface area contributed by atoms with Crippen molar-refractivity contribution in [1.82, 2.24) is 10.2 Å². The predicted molar refractivity (Wildman–Crippen MR) is 102 cm³/mol. The van der Waals surface area contributed by atoms with Crippen molar-refractivity contribution in [3.63, 3.8) is 0 Å². The van der Waals surface area contributed by atoms with Gasteiger partial charge in [-0.3, -0.25) is 19.8 Å². The van der Waals surface area contributed by atoms with Crippen LogP contribution >= 0.6 is 45.2 Å². The van der Waals surface area contributed by atoms with Crippen molar-refractivity contribution >= 4 is 69.1 Å². The zero-order valence-electron chi connectivity index (χ0n) is 12.1. The molecule has 1 aliphatic heterocycles. The first-order chi connectivity index (χ1) is 10.9. The van der Waals surface area contributed by atoms with Crippen LogP contribution in [0.5, 0.6) is 5.75 Å². The van der Waals surface area contributed by atoms with Crippen molar-refractivity contribution in [2.45, 2.75) is 0 Å². The van der Waals surface area contributed by atoms with Crippen molar-refractivity contribution < 1.29 is 19.1 Å². The van der Waals surface area contributed by atoms with Gasteiger partial charge in [-0.15, -0.1) is 6.58 Å². The number of nitrogens with zero attached hydrogens (tertiary/aromatic N) is 1. The van der Waals surface area contributed by atoms with Crippen molar-refractivity contribution in [2.75, 3.05) is 13.7 Å². The molecule has 1 aromatic rings. The third kappa shape index (κ3) is 3.74. The number of amides is 4. The minimum absolute atomic E-state index is 0.0241. The summed E-state index contributed by atoms with van der Waals surface area (Å²) < 4.78 is 7.13. The summed E-state index contributed by atoms with van der Waals surface area (Å²) in [7, 11) is 1.52. The molecule has 8 heteroatoms. The molecule has 1 N–H and O–H groups in total. The van der Waals surface area contributed by atoms with Gasteiger partial charge in [0.1, 0.15) is 11.3 Å². The molecule has 0 radical (unpaired) electrons. The summed E-state index contributed by atoms with van der Waals surface area (Å²) >= 11 is 4.25. The van der Waals surface area contributed by atoms with Gasteiger partial charge in [0.05, 0.1) is 10.7 Å². The molecule has 1 heterocycles. The van der Waals surface area contributed by atoms with Gasteiger partial charge in [0.2, 0.25) is 0 Å². The second kappa shape index (κ2) is 7.43. The number of barbiturate groups is 1. The first-order valence-corrected chi connectivity index (χ1v) is 8.57. The third-order valence-corrected chi connectivity index (χ3v) is 4.46. The molecule has 0 bridgehead atoms. The molecule has 1 aliphatic rings. The summed E-state index contributed by atoms with van der Waals surface area (Å²) in [6.45, 7) is 3.53. The fourth-order valence-corrected chi connectivity index (χ4v) is 4.16. The highest BCUT2D eigenvalue weighted by atomic mass is 127. The molecule has 1 aromatic carbocycles. The van der Waals surface area contributed by atoms with Gasteiger partial charge in [-0.05, 0) is 63.4 Å². The van der Waals surface area contributed by atoms with E-state index in [2.05, 4.69) is 57.1 Å². The first-order valence-electron chi connectivity index (χ1n) is 6.41. The Morgan fingerprint density at radius 2 is 2.00 bits per heavy atom. The Morgan fingerprint density at radius 1 is 1.30 bits per heavy atom. The van der Waals surface area contributed by atoms with Gasteiger partial charge in [-0.25, -0.2) is 4.79 Å². The Labute approximate surface area is 160 Å². The van der Waals surface area contributed by atoms with Gasteiger partial charge in [-0.1, -0.05) is 6.08 Å². The summed E-state index contributed by atoms with van der Waals surface area (Å²) in [5.41, 5.74) is 0.470. The maximum absolute atomic E-state index is 12.4. The van der Waals surface area contributed by atoms with E-state index in [1.807, 2.05) is 6.07 Å². The van der Waals surface area contributed by atoms with Crippen molar-refractivity contribution in [1.29, 1.82) is 0 Å². The van der Waals surface area contributed by atoms with E-state index in [1.54, 1.807) is 6.07 Å². The van der Waals surface area contributed by atoms with E-state index in [-0.39, 0.29) is 12.1 Å². The lowest BCUT2D eigenvalue weighted by Gasteiger charge is -2.25. The Bertz CT molecular complexity index is 743. The number of hydrogen-bond donors (Lipinski definition) is 1. The largest absolute Gasteiger partial charge is 0.495 e. The number of nitrogens with one attached hydrogen (secondary N) is 1. The van der Waals surface area contributed by atoms with Crippen molar-refractivity contribution in [2.24, 2.45) is 0 Å². The summed E-state index contributed by atoms with van der Waals surface area (Å²) in [5, 5.41) is 2.15. The highest BCUT2D eigenvalue weighted by molar-refractivity contribution is 14.1. The number of hydrogen-bond acceptors (Lipinski definition) is 4. The van der Waals surface area contributed by atoms with Crippen LogP contribution < -0.4 is 10.1 Å². The topological polar surface area (TPSA) is 75.7 Å². The summed E-state index contributed by atoms with van der Waals surface area (Å²) in [4.78, 5) is 37.0. The van der Waals surface area contributed by atoms with E-state index in [0.29, 0.717) is 11.3 Å². The Balaban J connectivity index is 2.53. The summed E-state index contributed by atoms with van der Waals surface area (Å²) in [5.74, 6) is -0.822. The maximum Gasteiger partial charge on any atom is 0.331 e. The van der Waals surface area contributed by atoms with E-state index in [1.165, 1.54) is 19.3 Å². The molecule has 23 heavy (non-hydrogen) atoms. The van der Waals surface area contributed by atoms with E-state index in [4.69, 9.17) is 4.74 Å². The molecule has 0 aromatic heterocycles. The lowest BCUT2D eigenvalue weighted by Crippen LogP contribution is -2.54. The average Bonchev–Trinajstić information content (AvgIpc) is 2.47. The number of benzene rings is 1. The minimum atomic E-state index is -0.749. The molecule has 0 spiro atoms. The number of carbonyl (C=O) groups excluding carboxylic acids is 3. The van der Waals surface area contributed by atoms with E-state index >= 15 is 0 Å². The second-order valence-corrected chi connectivity index (χ2v) is 6.94. The first kappa shape index (κ1) is 17.9. The molecular formula is C15H12I2N2O4. The Morgan fingerprint density at radius 3 is 2.61 bits per heavy atom. The number of urea groups is 1. The van der Waals surface area contributed by atoms with Crippen molar-refractivity contribution in [3.8, 4) is 5.75 Å². The molecule has 0 aliphatic carbocycles. The summed E-state index contributed by atoms with van der Waals surface area (Å²) in [6, 6.07) is 2.96. The Hall–Kier alpha value is -1.43. The molecule has 4 amide bonds.